The first-order valence-corrected chi connectivity index (χ1v) is 14.3. The number of amides is 5. The van der Waals surface area contributed by atoms with Gasteiger partial charge in [-0.05, 0) is 62.5 Å². The molecule has 3 rings (SSSR count). The van der Waals surface area contributed by atoms with Gasteiger partial charge in [0.15, 0.2) is 0 Å². The zero-order valence-electron chi connectivity index (χ0n) is 21.8. The van der Waals surface area contributed by atoms with Gasteiger partial charge in [-0.1, -0.05) is 32.8 Å². The van der Waals surface area contributed by atoms with E-state index in [1.165, 1.54) is 4.90 Å². The fourth-order valence-corrected chi connectivity index (χ4v) is 5.41. The molecule has 1 aromatic rings. The van der Waals surface area contributed by atoms with Crippen LogP contribution in [0, 0.1) is 11.8 Å². The molecular formula is C27H40N4O4S. The average Bonchev–Trinajstić information content (AvgIpc) is 2.86. The van der Waals surface area contributed by atoms with Crippen LogP contribution in [-0.4, -0.2) is 65.5 Å². The molecule has 9 heteroatoms. The Kier molecular flexibility index (Phi) is 10.6. The fraction of sp³-hybridized carbons (Fsp3) is 0.630. The van der Waals surface area contributed by atoms with Crippen LogP contribution in [0.3, 0.4) is 0 Å². The summed E-state index contributed by atoms with van der Waals surface area (Å²) in [6.07, 6.45) is 7.83. The van der Waals surface area contributed by atoms with Crippen molar-refractivity contribution < 1.29 is 19.2 Å². The van der Waals surface area contributed by atoms with E-state index in [4.69, 9.17) is 0 Å². The highest BCUT2D eigenvalue weighted by molar-refractivity contribution is 7.98. The number of nitrogens with one attached hydrogen (secondary N) is 2. The number of imide groups is 1. The SMILES string of the molecule is CSc1cccc(NC(=O)CN2C(=O)N(CCCCC(=O)NCCC(C)C)C(=O)C3CCCCC32)c1. The van der Waals surface area contributed by atoms with E-state index in [2.05, 4.69) is 24.5 Å². The van der Waals surface area contributed by atoms with Crippen molar-refractivity contribution in [2.24, 2.45) is 11.8 Å². The lowest BCUT2D eigenvalue weighted by atomic mass is 9.81. The molecule has 2 N–H and O–H groups in total. The minimum Gasteiger partial charge on any atom is -0.356 e. The van der Waals surface area contributed by atoms with Gasteiger partial charge in [-0.2, -0.15) is 0 Å². The Morgan fingerprint density at radius 1 is 1.11 bits per heavy atom. The van der Waals surface area contributed by atoms with Gasteiger partial charge in [-0.3, -0.25) is 19.3 Å². The number of hydrogen-bond acceptors (Lipinski definition) is 5. The molecule has 1 saturated heterocycles. The molecule has 2 fully saturated rings. The fourth-order valence-electron chi connectivity index (χ4n) is 4.95. The lowest BCUT2D eigenvalue weighted by Gasteiger charge is -2.46. The highest BCUT2D eigenvalue weighted by atomic mass is 32.2. The van der Waals surface area contributed by atoms with Gasteiger partial charge in [-0.25, -0.2) is 4.79 Å². The van der Waals surface area contributed by atoms with Crippen LogP contribution in [0.1, 0.15) is 65.2 Å². The summed E-state index contributed by atoms with van der Waals surface area (Å²) in [5.41, 5.74) is 0.691. The van der Waals surface area contributed by atoms with E-state index in [1.54, 1.807) is 16.7 Å². The Hall–Kier alpha value is -2.55. The van der Waals surface area contributed by atoms with E-state index in [9.17, 15) is 19.2 Å². The van der Waals surface area contributed by atoms with Crippen LogP contribution in [0.4, 0.5) is 10.5 Å². The molecular weight excluding hydrogens is 476 g/mol. The van der Waals surface area contributed by atoms with Crippen LogP contribution in [0.15, 0.2) is 29.2 Å². The van der Waals surface area contributed by atoms with Crippen LogP contribution >= 0.6 is 11.8 Å². The van der Waals surface area contributed by atoms with E-state index < -0.39 is 6.03 Å². The van der Waals surface area contributed by atoms with Crippen LogP contribution in [0.5, 0.6) is 0 Å². The lowest BCUT2D eigenvalue weighted by Crippen LogP contribution is -2.63. The predicted octanol–water partition coefficient (Wildman–Crippen LogP) is 4.50. The molecule has 36 heavy (non-hydrogen) atoms. The van der Waals surface area contributed by atoms with Crippen LogP contribution in [-0.2, 0) is 14.4 Å². The van der Waals surface area contributed by atoms with E-state index in [-0.39, 0.29) is 42.8 Å². The zero-order chi connectivity index (χ0) is 26.1. The molecule has 8 nitrogen and oxygen atoms in total. The molecule has 0 spiro atoms. The Balaban J connectivity index is 1.58. The first-order valence-electron chi connectivity index (χ1n) is 13.1. The number of carbonyl (C=O) groups excluding carboxylic acids is 4. The Morgan fingerprint density at radius 3 is 2.64 bits per heavy atom. The molecule has 198 valence electrons. The highest BCUT2D eigenvalue weighted by Crippen LogP contribution is 2.34. The van der Waals surface area contributed by atoms with Gasteiger partial charge in [0.2, 0.25) is 17.7 Å². The van der Waals surface area contributed by atoms with Crippen molar-refractivity contribution in [1.82, 2.24) is 15.1 Å². The number of nitrogens with zero attached hydrogens (tertiary/aromatic N) is 2. The summed E-state index contributed by atoms with van der Waals surface area (Å²) in [7, 11) is 0. The standard InChI is InChI=1S/C27H40N4O4S/c1-19(2)14-15-28-24(32)13-6-7-16-30-26(34)22-11-4-5-12-23(22)31(27(30)35)18-25(33)29-20-9-8-10-21(17-20)36-3/h8-10,17,19,22-23H,4-7,11-16,18H2,1-3H3,(H,28,32)(H,29,33). The van der Waals surface area contributed by atoms with E-state index in [0.717, 1.165) is 37.0 Å². The molecule has 2 atom stereocenters. The number of anilines is 1. The van der Waals surface area contributed by atoms with E-state index in [1.807, 2.05) is 30.5 Å². The van der Waals surface area contributed by atoms with Gasteiger partial charge in [-0.15, -0.1) is 11.8 Å². The number of rotatable bonds is 12. The summed E-state index contributed by atoms with van der Waals surface area (Å²) in [5.74, 6) is -0.115. The molecule has 2 aliphatic rings. The molecule has 1 aliphatic carbocycles. The summed E-state index contributed by atoms with van der Waals surface area (Å²) >= 11 is 1.59. The molecule has 1 heterocycles. The molecule has 1 aromatic carbocycles. The van der Waals surface area contributed by atoms with Crippen molar-refractivity contribution in [3.63, 3.8) is 0 Å². The second-order valence-electron chi connectivity index (χ2n) is 10.1. The molecule has 0 aromatic heterocycles. The second-order valence-corrected chi connectivity index (χ2v) is 11.0. The zero-order valence-corrected chi connectivity index (χ0v) is 22.6. The van der Waals surface area contributed by atoms with E-state index in [0.29, 0.717) is 37.4 Å². The number of benzene rings is 1. The maximum Gasteiger partial charge on any atom is 0.327 e. The van der Waals surface area contributed by atoms with Gasteiger partial charge in [0.05, 0.1) is 5.92 Å². The number of urea groups is 1. The molecule has 0 bridgehead atoms. The number of fused-ring (bicyclic) bond motifs is 1. The maximum atomic E-state index is 13.4. The topological polar surface area (TPSA) is 98.8 Å². The van der Waals surface area contributed by atoms with Crippen molar-refractivity contribution >= 4 is 41.2 Å². The van der Waals surface area contributed by atoms with Crippen LogP contribution in [0.25, 0.3) is 0 Å². The quantitative estimate of drug-likeness (QED) is 0.315. The number of carbonyl (C=O) groups is 4. The van der Waals surface area contributed by atoms with Crippen molar-refractivity contribution in [2.75, 3.05) is 31.2 Å². The van der Waals surface area contributed by atoms with Crippen molar-refractivity contribution in [1.29, 1.82) is 0 Å². The Morgan fingerprint density at radius 2 is 1.89 bits per heavy atom. The molecule has 5 amide bonds. The monoisotopic (exact) mass is 516 g/mol. The summed E-state index contributed by atoms with van der Waals surface area (Å²) in [5, 5.41) is 5.82. The summed E-state index contributed by atoms with van der Waals surface area (Å²) < 4.78 is 0. The maximum absolute atomic E-state index is 13.4. The largest absolute Gasteiger partial charge is 0.356 e. The Bertz CT molecular complexity index is 938. The summed E-state index contributed by atoms with van der Waals surface area (Å²) in [4.78, 5) is 55.5. The molecule has 2 unspecified atom stereocenters. The minimum atomic E-state index is -0.391. The van der Waals surface area contributed by atoms with Crippen molar-refractivity contribution in [3.05, 3.63) is 24.3 Å². The summed E-state index contributed by atoms with van der Waals surface area (Å²) in [6.45, 7) is 5.10. The first-order chi connectivity index (χ1) is 17.3. The second kappa shape index (κ2) is 13.7. The van der Waals surface area contributed by atoms with Gasteiger partial charge >= 0.3 is 6.03 Å². The number of hydrogen-bond donors (Lipinski definition) is 2. The first kappa shape index (κ1) is 28.0. The highest BCUT2D eigenvalue weighted by Gasteiger charge is 2.47. The molecule has 0 radical (unpaired) electrons. The van der Waals surface area contributed by atoms with Crippen LogP contribution in [0.2, 0.25) is 0 Å². The number of unbranched alkanes of at least 4 members (excludes halogenated alkanes) is 1. The smallest absolute Gasteiger partial charge is 0.327 e. The average molecular weight is 517 g/mol. The third kappa shape index (κ3) is 7.72. The van der Waals surface area contributed by atoms with Crippen LogP contribution < -0.4 is 10.6 Å². The number of thioether (sulfide) groups is 1. The summed E-state index contributed by atoms with van der Waals surface area (Å²) in [6, 6.07) is 6.96. The Labute approximate surface area is 218 Å². The normalized spacial score (nSPS) is 19.9. The van der Waals surface area contributed by atoms with Crippen molar-refractivity contribution in [2.45, 2.75) is 76.2 Å². The van der Waals surface area contributed by atoms with Gasteiger partial charge < -0.3 is 15.5 Å². The lowest BCUT2D eigenvalue weighted by molar-refractivity contribution is -0.141. The van der Waals surface area contributed by atoms with Gasteiger partial charge in [0.1, 0.15) is 6.54 Å². The van der Waals surface area contributed by atoms with E-state index >= 15 is 0 Å². The minimum absolute atomic E-state index is 0.00290. The van der Waals surface area contributed by atoms with Gasteiger partial charge in [0.25, 0.3) is 0 Å². The molecule has 1 aliphatic heterocycles. The predicted molar refractivity (Wildman–Crippen MR) is 143 cm³/mol. The third-order valence-corrected chi connectivity index (χ3v) is 7.66. The van der Waals surface area contributed by atoms with Crippen molar-refractivity contribution in [3.8, 4) is 0 Å². The van der Waals surface area contributed by atoms with Gasteiger partial charge in [0, 0.05) is 36.1 Å². The molecule has 1 saturated carbocycles. The third-order valence-electron chi connectivity index (χ3n) is 6.94.